The molecule has 1 aromatic carbocycles. The van der Waals surface area contributed by atoms with E-state index < -0.39 is 5.54 Å². The largest absolute Gasteiger partial charge is 0.355 e. The van der Waals surface area contributed by atoms with Gasteiger partial charge in [-0.15, -0.1) is 0 Å². The molecule has 3 heterocycles. The van der Waals surface area contributed by atoms with E-state index in [2.05, 4.69) is 20.4 Å². The van der Waals surface area contributed by atoms with Crippen LogP contribution in [-0.2, 0) is 4.79 Å². The van der Waals surface area contributed by atoms with E-state index in [0.29, 0.717) is 18.5 Å². The minimum atomic E-state index is -0.788. The molecule has 1 atom stereocenters. The van der Waals surface area contributed by atoms with Crippen LogP contribution in [0.5, 0.6) is 0 Å². The number of carbonyl (C=O) groups is 2. The highest BCUT2D eigenvalue weighted by Crippen LogP contribution is 2.31. The molecule has 7 nitrogen and oxygen atoms in total. The highest BCUT2D eigenvalue weighted by molar-refractivity contribution is 5.99. The summed E-state index contributed by atoms with van der Waals surface area (Å²) in [6.07, 6.45) is 3.29. The predicted octanol–water partition coefficient (Wildman–Crippen LogP) is 2.50. The summed E-state index contributed by atoms with van der Waals surface area (Å²) >= 11 is 0. The number of hydrogen-bond donors (Lipinski definition) is 2. The Hall–Kier alpha value is -2.83. The first-order valence-corrected chi connectivity index (χ1v) is 10.4. The number of amides is 2. The molecular weight excluding hydrogens is 366 g/mol. The third-order valence-corrected chi connectivity index (χ3v) is 6.24. The second-order valence-electron chi connectivity index (χ2n) is 8.34. The number of aromatic amines is 1. The van der Waals surface area contributed by atoms with E-state index in [0.717, 1.165) is 43.9 Å². The summed E-state index contributed by atoms with van der Waals surface area (Å²) in [7, 11) is 0. The topological polar surface area (TPSA) is 81.3 Å². The standard InChI is InChI=1S/C22H29N5O2/c1-16-15-19(25-24-16)26-13-9-18(10-14-26)23-21(29)22(2)11-6-12-27(22)20(28)17-7-4-3-5-8-17/h3-5,7-8,15,18H,6,9-14H2,1-2H3,(H,23,29)(H,24,25)/t22-/m0/s1. The van der Waals surface area contributed by atoms with Gasteiger partial charge in [0.15, 0.2) is 5.82 Å². The molecular formula is C22H29N5O2. The molecule has 2 N–H and O–H groups in total. The van der Waals surface area contributed by atoms with Gasteiger partial charge in [0.1, 0.15) is 5.54 Å². The summed E-state index contributed by atoms with van der Waals surface area (Å²) < 4.78 is 0. The first kappa shape index (κ1) is 19.5. The van der Waals surface area contributed by atoms with E-state index in [1.165, 1.54) is 0 Å². The van der Waals surface area contributed by atoms with Gasteiger partial charge in [0.05, 0.1) is 0 Å². The number of rotatable bonds is 4. The smallest absolute Gasteiger partial charge is 0.254 e. The average molecular weight is 396 g/mol. The van der Waals surface area contributed by atoms with Crippen molar-refractivity contribution in [2.24, 2.45) is 0 Å². The second-order valence-corrected chi connectivity index (χ2v) is 8.34. The fourth-order valence-electron chi connectivity index (χ4n) is 4.42. The van der Waals surface area contributed by atoms with Crippen molar-refractivity contribution >= 4 is 17.6 Å². The lowest BCUT2D eigenvalue weighted by atomic mass is 9.95. The van der Waals surface area contributed by atoms with E-state index in [9.17, 15) is 9.59 Å². The summed E-state index contributed by atoms with van der Waals surface area (Å²) in [4.78, 5) is 30.2. The quantitative estimate of drug-likeness (QED) is 0.833. The summed E-state index contributed by atoms with van der Waals surface area (Å²) in [6.45, 7) is 6.23. The molecule has 0 spiro atoms. The van der Waals surface area contributed by atoms with Crippen LogP contribution in [0, 0.1) is 6.92 Å². The third kappa shape index (κ3) is 3.86. The Bertz CT molecular complexity index is 872. The maximum atomic E-state index is 13.2. The molecule has 7 heteroatoms. The molecule has 2 saturated heterocycles. The van der Waals surface area contributed by atoms with Crippen molar-refractivity contribution in [3.8, 4) is 0 Å². The normalized spacial score (nSPS) is 22.7. The molecule has 29 heavy (non-hydrogen) atoms. The van der Waals surface area contributed by atoms with Crippen LogP contribution in [0.3, 0.4) is 0 Å². The zero-order valence-electron chi connectivity index (χ0n) is 17.1. The molecule has 0 bridgehead atoms. The van der Waals surface area contributed by atoms with Crippen molar-refractivity contribution in [2.45, 2.75) is 51.1 Å². The van der Waals surface area contributed by atoms with Crippen LogP contribution >= 0.6 is 0 Å². The van der Waals surface area contributed by atoms with E-state index in [1.807, 2.05) is 50.2 Å². The number of piperidine rings is 1. The summed E-state index contributed by atoms with van der Waals surface area (Å²) in [5.41, 5.74) is 0.896. The SMILES string of the molecule is Cc1cc(N2CCC(NC(=O)[C@]3(C)CCCN3C(=O)c3ccccc3)CC2)n[nH]1. The Morgan fingerprint density at radius 1 is 1.17 bits per heavy atom. The Morgan fingerprint density at radius 3 is 2.55 bits per heavy atom. The average Bonchev–Trinajstić information content (AvgIpc) is 3.35. The molecule has 2 aliphatic rings. The van der Waals surface area contributed by atoms with Crippen molar-refractivity contribution in [1.82, 2.24) is 20.4 Å². The number of hydrogen-bond acceptors (Lipinski definition) is 4. The lowest BCUT2D eigenvalue weighted by Gasteiger charge is -2.37. The molecule has 2 fully saturated rings. The van der Waals surface area contributed by atoms with Gasteiger partial charge < -0.3 is 15.1 Å². The maximum absolute atomic E-state index is 13.2. The van der Waals surface area contributed by atoms with Crippen LogP contribution in [0.4, 0.5) is 5.82 Å². The van der Waals surface area contributed by atoms with E-state index >= 15 is 0 Å². The van der Waals surface area contributed by atoms with Gasteiger partial charge in [0.2, 0.25) is 5.91 Å². The Labute approximate surface area is 171 Å². The third-order valence-electron chi connectivity index (χ3n) is 6.24. The molecule has 4 rings (SSSR count). The van der Waals surface area contributed by atoms with Crippen LogP contribution in [0.15, 0.2) is 36.4 Å². The zero-order chi connectivity index (χ0) is 20.4. The van der Waals surface area contributed by atoms with Gasteiger partial charge in [0, 0.05) is 43.0 Å². The monoisotopic (exact) mass is 395 g/mol. The second kappa shape index (κ2) is 7.89. The summed E-state index contributed by atoms with van der Waals surface area (Å²) in [6, 6.07) is 11.4. The minimum absolute atomic E-state index is 0.0339. The molecule has 154 valence electrons. The van der Waals surface area contributed by atoms with Crippen LogP contribution in [0.1, 0.15) is 48.7 Å². The summed E-state index contributed by atoms with van der Waals surface area (Å²) in [5.74, 6) is 0.868. The number of anilines is 1. The van der Waals surface area contributed by atoms with Crippen LogP contribution in [0.25, 0.3) is 0 Å². The van der Waals surface area contributed by atoms with Gasteiger partial charge in [-0.2, -0.15) is 5.10 Å². The van der Waals surface area contributed by atoms with Gasteiger partial charge >= 0.3 is 0 Å². The Morgan fingerprint density at radius 2 is 1.90 bits per heavy atom. The Balaban J connectivity index is 1.38. The predicted molar refractivity (Wildman–Crippen MR) is 112 cm³/mol. The first-order chi connectivity index (χ1) is 14.0. The van der Waals surface area contributed by atoms with Crippen molar-refractivity contribution in [3.63, 3.8) is 0 Å². The lowest BCUT2D eigenvalue weighted by molar-refractivity contribution is -0.130. The summed E-state index contributed by atoms with van der Waals surface area (Å²) in [5, 5.41) is 10.5. The zero-order valence-corrected chi connectivity index (χ0v) is 17.1. The molecule has 2 amide bonds. The number of aryl methyl sites for hydroxylation is 1. The van der Waals surface area contributed by atoms with Crippen LogP contribution in [0.2, 0.25) is 0 Å². The van der Waals surface area contributed by atoms with Crippen LogP contribution in [-0.4, -0.2) is 58.1 Å². The van der Waals surface area contributed by atoms with Gasteiger partial charge in [-0.3, -0.25) is 14.7 Å². The van der Waals surface area contributed by atoms with Crippen LogP contribution < -0.4 is 10.2 Å². The van der Waals surface area contributed by atoms with Gasteiger partial charge in [-0.1, -0.05) is 18.2 Å². The number of H-pyrrole nitrogens is 1. The number of carbonyl (C=O) groups excluding carboxylic acids is 2. The van der Waals surface area contributed by atoms with Crippen molar-refractivity contribution in [2.75, 3.05) is 24.5 Å². The fraction of sp³-hybridized carbons (Fsp3) is 0.500. The van der Waals surface area contributed by atoms with Gasteiger partial charge in [-0.25, -0.2) is 0 Å². The van der Waals surface area contributed by atoms with Crippen molar-refractivity contribution in [1.29, 1.82) is 0 Å². The number of likely N-dealkylation sites (tertiary alicyclic amines) is 1. The van der Waals surface area contributed by atoms with E-state index in [-0.39, 0.29) is 17.9 Å². The van der Waals surface area contributed by atoms with Crippen molar-refractivity contribution in [3.05, 3.63) is 47.7 Å². The molecule has 2 aromatic rings. The fourth-order valence-corrected chi connectivity index (χ4v) is 4.42. The first-order valence-electron chi connectivity index (χ1n) is 10.4. The lowest BCUT2D eigenvalue weighted by Crippen LogP contribution is -2.58. The molecule has 0 radical (unpaired) electrons. The Kier molecular flexibility index (Phi) is 5.30. The number of aromatic nitrogens is 2. The minimum Gasteiger partial charge on any atom is -0.355 e. The van der Waals surface area contributed by atoms with Gasteiger partial charge in [0.25, 0.3) is 5.91 Å². The van der Waals surface area contributed by atoms with Gasteiger partial charge in [-0.05, 0) is 51.7 Å². The molecule has 2 aliphatic heterocycles. The van der Waals surface area contributed by atoms with E-state index in [1.54, 1.807) is 4.90 Å². The molecule has 0 aliphatic carbocycles. The highest BCUT2D eigenvalue weighted by Gasteiger charge is 2.46. The maximum Gasteiger partial charge on any atom is 0.254 e. The molecule has 0 saturated carbocycles. The highest BCUT2D eigenvalue weighted by atomic mass is 16.2. The number of nitrogens with zero attached hydrogens (tertiary/aromatic N) is 3. The molecule has 0 unspecified atom stereocenters. The van der Waals surface area contributed by atoms with Crippen molar-refractivity contribution < 1.29 is 9.59 Å². The van der Waals surface area contributed by atoms with E-state index in [4.69, 9.17) is 0 Å². The number of nitrogens with one attached hydrogen (secondary N) is 2. The molecule has 1 aromatic heterocycles. The number of benzene rings is 1.